The normalized spacial score (nSPS) is 12.7. The quantitative estimate of drug-likeness (QED) is 0.456. The average molecular weight is 218 g/mol. The maximum absolute atomic E-state index is 10.3. The highest BCUT2D eigenvalue weighted by molar-refractivity contribution is 5.66. The lowest BCUT2D eigenvalue weighted by Crippen LogP contribution is -2.34. The molecule has 0 rings (SSSR count). The van der Waals surface area contributed by atoms with Crippen LogP contribution in [-0.2, 0) is 9.53 Å². The van der Waals surface area contributed by atoms with E-state index in [1.807, 2.05) is 0 Å². The smallest absolute Gasteiger partial charge is 0.303 e. The largest absolute Gasteiger partial charge is 0.481 e. The first-order valence-electron chi connectivity index (χ1n) is 5.35. The van der Waals surface area contributed by atoms with E-state index in [1.54, 1.807) is 7.11 Å². The number of aliphatic carboxylic acids is 1. The number of hydrogen-bond donors (Lipinski definition) is 3. The van der Waals surface area contributed by atoms with Gasteiger partial charge in [0.15, 0.2) is 0 Å². The summed E-state index contributed by atoms with van der Waals surface area (Å²) in [6.45, 7) is 2.04. The number of hydrogen-bond acceptors (Lipinski definition) is 4. The zero-order valence-electron chi connectivity index (χ0n) is 9.37. The van der Waals surface area contributed by atoms with Crippen LogP contribution in [0.5, 0.6) is 0 Å². The van der Waals surface area contributed by atoms with Gasteiger partial charge in [0.2, 0.25) is 0 Å². The van der Waals surface area contributed by atoms with E-state index in [1.165, 1.54) is 0 Å². The first-order chi connectivity index (χ1) is 7.20. The van der Waals surface area contributed by atoms with Crippen molar-refractivity contribution in [3.63, 3.8) is 0 Å². The molecule has 15 heavy (non-hydrogen) atoms. The van der Waals surface area contributed by atoms with Crippen LogP contribution in [0.3, 0.4) is 0 Å². The van der Waals surface area contributed by atoms with Crippen LogP contribution < -0.4 is 11.1 Å². The molecule has 0 saturated heterocycles. The predicted octanol–water partition coefficient (Wildman–Crippen LogP) is 0.195. The molecule has 0 aliphatic carbocycles. The highest BCUT2D eigenvalue weighted by Gasteiger charge is 2.06. The van der Waals surface area contributed by atoms with Crippen LogP contribution in [0.4, 0.5) is 0 Å². The van der Waals surface area contributed by atoms with Gasteiger partial charge in [-0.3, -0.25) is 4.79 Å². The lowest BCUT2D eigenvalue weighted by molar-refractivity contribution is -0.137. The number of nitrogens with one attached hydrogen (secondary N) is 1. The van der Waals surface area contributed by atoms with E-state index >= 15 is 0 Å². The summed E-state index contributed by atoms with van der Waals surface area (Å²) in [6, 6.07) is 0.285. The molecule has 0 radical (unpaired) electrons. The van der Waals surface area contributed by atoms with Gasteiger partial charge in [-0.15, -0.1) is 0 Å². The highest BCUT2D eigenvalue weighted by Crippen LogP contribution is 1.97. The number of rotatable bonds is 10. The molecule has 5 nitrogen and oxygen atoms in total. The molecular formula is C10H22N2O3. The number of carbonyl (C=O) groups is 1. The summed E-state index contributed by atoms with van der Waals surface area (Å²) in [5.41, 5.74) is 5.42. The molecule has 0 spiro atoms. The molecule has 5 heteroatoms. The zero-order chi connectivity index (χ0) is 11.5. The van der Waals surface area contributed by atoms with E-state index < -0.39 is 5.97 Å². The van der Waals surface area contributed by atoms with Gasteiger partial charge in [0, 0.05) is 19.6 Å². The van der Waals surface area contributed by atoms with Crippen LogP contribution in [0.1, 0.15) is 25.7 Å². The van der Waals surface area contributed by atoms with E-state index in [0.29, 0.717) is 26.1 Å². The molecule has 0 heterocycles. The van der Waals surface area contributed by atoms with Gasteiger partial charge in [0.25, 0.3) is 0 Å². The van der Waals surface area contributed by atoms with Crippen molar-refractivity contribution in [2.45, 2.75) is 31.7 Å². The van der Waals surface area contributed by atoms with E-state index in [-0.39, 0.29) is 12.5 Å². The van der Waals surface area contributed by atoms with Gasteiger partial charge in [0.05, 0.1) is 6.61 Å². The van der Waals surface area contributed by atoms with Crippen LogP contribution in [0.15, 0.2) is 0 Å². The predicted molar refractivity (Wildman–Crippen MR) is 58.8 cm³/mol. The minimum absolute atomic E-state index is 0.212. The molecule has 90 valence electrons. The maximum Gasteiger partial charge on any atom is 0.303 e. The van der Waals surface area contributed by atoms with Crippen LogP contribution in [0, 0.1) is 0 Å². The van der Waals surface area contributed by atoms with Crippen molar-refractivity contribution in [2.75, 3.05) is 26.8 Å². The standard InChI is InChI=1S/C10H22N2O3/c1-15-8-9(4-2-6-11)12-7-3-5-10(13)14/h9,12H,2-8,11H2,1H3,(H,13,14). The Hall–Kier alpha value is -0.650. The van der Waals surface area contributed by atoms with Gasteiger partial charge < -0.3 is 20.9 Å². The number of methoxy groups -OCH3 is 1. The van der Waals surface area contributed by atoms with Crippen molar-refractivity contribution < 1.29 is 14.6 Å². The van der Waals surface area contributed by atoms with Gasteiger partial charge in [-0.2, -0.15) is 0 Å². The third-order valence-electron chi connectivity index (χ3n) is 2.12. The molecule has 0 aliphatic heterocycles. The van der Waals surface area contributed by atoms with Crippen molar-refractivity contribution in [3.05, 3.63) is 0 Å². The Labute approximate surface area is 91.0 Å². The topological polar surface area (TPSA) is 84.6 Å². The van der Waals surface area contributed by atoms with E-state index in [9.17, 15) is 4.79 Å². The summed E-state index contributed by atoms with van der Waals surface area (Å²) in [6.07, 6.45) is 2.79. The second kappa shape index (κ2) is 9.89. The van der Waals surface area contributed by atoms with Crippen molar-refractivity contribution in [3.8, 4) is 0 Å². The van der Waals surface area contributed by atoms with E-state index in [4.69, 9.17) is 15.6 Å². The molecule has 0 amide bonds. The number of ether oxygens (including phenoxy) is 1. The molecule has 0 aliphatic rings. The lowest BCUT2D eigenvalue weighted by atomic mass is 10.1. The van der Waals surface area contributed by atoms with Crippen LogP contribution in [0.2, 0.25) is 0 Å². The molecule has 0 fully saturated rings. The second-order valence-corrected chi connectivity index (χ2v) is 3.53. The van der Waals surface area contributed by atoms with E-state index in [2.05, 4.69) is 5.32 Å². The second-order valence-electron chi connectivity index (χ2n) is 3.53. The molecule has 1 unspecified atom stereocenters. The third kappa shape index (κ3) is 9.65. The molecule has 0 saturated carbocycles. The van der Waals surface area contributed by atoms with Gasteiger partial charge >= 0.3 is 5.97 Å². The summed E-state index contributed by atoms with van der Waals surface area (Å²) < 4.78 is 5.06. The Kier molecular flexibility index (Phi) is 9.46. The minimum atomic E-state index is -0.748. The fourth-order valence-electron chi connectivity index (χ4n) is 1.36. The summed E-state index contributed by atoms with van der Waals surface area (Å²) in [4.78, 5) is 10.3. The summed E-state index contributed by atoms with van der Waals surface area (Å²) in [5.74, 6) is -0.748. The molecule has 1 atom stereocenters. The van der Waals surface area contributed by atoms with Crippen LogP contribution in [0.25, 0.3) is 0 Å². The van der Waals surface area contributed by atoms with Gasteiger partial charge in [0.1, 0.15) is 0 Å². The van der Waals surface area contributed by atoms with Crippen molar-refractivity contribution >= 4 is 5.97 Å². The lowest BCUT2D eigenvalue weighted by Gasteiger charge is -2.17. The van der Waals surface area contributed by atoms with Crippen LogP contribution >= 0.6 is 0 Å². The monoisotopic (exact) mass is 218 g/mol. The average Bonchev–Trinajstić information content (AvgIpc) is 2.20. The minimum Gasteiger partial charge on any atom is -0.481 e. The molecule has 0 bridgehead atoms. The summed E-state index contributed by atoms with van der Waals surface area (Å²) >= 11 is 0. The first kappa shape index (κ1) is 14.3. The molecule has 4 N–H and O–H groups in total. The Balaban J connectivity index is 3.51. The number of nitrogens with two attached hydrogens (primary N) is 1. The Bertz CT molecular complexity index is 165. The van der Waals surface area contributed by atoms with E-state index in [0.717, 1.165) is 12.8 Å². The fraction of sp³-hybridized carbons (Fsp3) is 0.900. The first-order valence-corrected chi connectivity index (χ1v) is 5.35. The summed E-state index contributed by atoms with van der Waals surface area (Å²) in [7, 11) is 1.66. The van der Waals surface area contributed by atoms with Gasteiger partial charge in [-0.1, -0.05) is 0 Å². The highest BCUT2D eigenvalue weighted by atomic mass is 16.5. The molecular weight excluding hydrogens is 196 g/mol. The third-order valence-corrected chi connectivity index (χ3v) is 2.12. The Morgan fingerprint density at radius 2 is 2.27 bits per heavy atom. The number of carboxylic acids is 1. The number of carboxylic acid groups (broad SMARTS) is 1. The van der Waals surface area contributed by atoms with Crippen molar-refractivity contribution in [1.82, 2.24) is 5.32 Å². The fourth-order valence-corrected chi connectivity index (χ4v) is 1.36. The zero-order valence-corrected chi connectivity index (χ0v) is 9.37. The Morgan fingerprint density at radius 3 is 2.80 bits per heavy atom. The molecule has 0 aromatic carbocycles. The summed E-state index contributed by atoms with van der Waals surface area (Å²) in [5, 5.41) is 11.7. The molecule has 0 aromatic rings. The Morgan fingerprint density at radius 1 is 1.53 bits per heavy atom. The maximum atomic E-state index is 10.3. The van der Waals surface area contributed by atoms with Crippen molar-refractivity contribution in [2.24, 2.45) is 5.73 Å². The van der Waals surface area contributed by atoms with Gasteiger partial charge in [-0.25, -0.2) is 0 Å². The SMILES string of the molecule is COCC(CCCN)NCCCC(=O)O. The van der Waals surface area contributed by atoms with Gasteiger partial charge in [-0.05, 0) is 32.4 Å². The van der Waals surface area contributed by atoms with Crippen LogP contribution in [-0.4, -0.2) is 43.9 Å². The molecule has 0 aromatic heterocycles. The van der Waals surface area contributed by atoms with Crippen molar-refractivity contribution in [1.29, 1.82) is 0 Å².